The van der Waals surface area contributed by atoms with E-state index in [1.165, 1.54) is 38.3 Å². The van der Waals surface area contributed by atoms with Gasteiger partial charge in [-0.15, -0.1) is 0 Å². The van der Waals surface area contributed by atoms with Crippen molar-refractivity contribution in [1.29, 1.82) is 5.26 Å². The number of anilines is 1. The minimum atomic E-state index is -0.0608. The molecule has 1 aromatic heterocycles. The Bertz CT molecular complexity index is 419. The summed E-state index contributed by atoms with van der Waals surface area (Å²) in [6.45, 7) is 2.20. The Morgan fingerprint density at radius 3 is 2.68 bits per heavy atom. The molecule has 0 saturated heterocycles. The summed E-state index contributed by atoms with van der Waals surface area (Å²) in [5.41, 5.74) is 0.368. The van der Waals surface area contributed by atoms with Gasteiger partial charge in [0.1, 0.15) is 17.5 Å². The van der Waals surface area contributed by atoms with Crippen LogP contribution >= 0.6 is 0 Å². The number of aromatic amines is 1. The van der Waals surface area contributed by atoms with Crippen molar-refractivity contribution in [3.05, 3.63) is 11.8 Å². The van der Waals surface area contributed by atoms with Gasteiger partial charge in [0.25, 0.3) is 0 Å². The zero-order valence-electron chi connectivity index (χ0n) is 11.5. The van der Waals surface area contributed by atoms with Crippen molar-refractivity contribution >= 4 is 11.7 Å². The number of carbonyl (C=O) groups is 1. The number of nitrogens with one attached hydrogen (secondary N) is 2. The van der Waals surface area contributed by atoms with Crippen LogP contribution in [0.1, 0.15) is 63.9 Å². The smallest absolute Gasteiger partial charge is 0.225 e. The molecule has 5 nitrogen and oxygen atoms in total. The normalized spacial score (nSPS) is 10.1. The van der Waals surface area contributed by atoms with Gasteiger partial charge in [-0.05, 0) is 6.42 Å². The fourth-order valence-corrected chi connectivity index (χ4v) is 1.91. The summed E-state index contributed by atoms with van der Waals surface area (Å²) in [6, 6.07) is 1.97. The Morgan fingerprint density at radius 2 is 2.00 bits per heavy atom. The summed E-state index contributed by atoms with van der Waals surface area (Å²) in [5, 5.41) is 17.8. The zero-order valence-corrected chi connectivity index (χ0v) is 11.5. The molecule has 1 rings (SSSR count). The van der Waals surface area contributed by atoms with Gasteiger partial charge in [-0.25, -0.2) is 0 Å². The molecule has 0 aromatic carbocycles. The Balaban J connectivity index is 2.10. The van der Waals surface area contributed by atoms with E-state index in [1.54, 1.807) is 0 Å². The van der Waals surface area contributed by atoms with Gasteiger partial charge in [-0.1, -0.05) is 45.4 Å². The maximum absolute atomic E-state index is 11.6. The average Bonchev–Trinajstić information content (AvgIpc) is 2.85. The molecule has 0 aliphatic rings. The lowest BCUT2D eigenvalue weighted by molar-refractivity contribution is -0.116. The molecule has 104 valence electrons. The van der Waals surface area contributed by atoms with E-state index in [0.29, 0.717) is 17.8 Å². The molecule has 2 N–H and O–H groups in total. The lowest BCUT2D eigenvalue weighted by atomic mass is 10.1. The SMILES string of the molecule is CCCCCCCCCC(=O)Nc1[nH]ncc1C#N. The molecule has 0 unspecified atom stereocenters. The number of amides is 1. The van der Waals surface area contributed by atoms with Crippen molar-refractivity contribution in [1.82, 2.24) is 10.2 Å². The lowest BCUT2D eigenvalue weighted by Gasteiger charge is -2.03. The number of carbonyl (C=O) groups excluding carboxylic acids is 1. The fraction of sp³-hybridized carbons (Fsp3) is 0.643. The largest absolute Gasteiger partial charge is 0.310 e. The molecule has 0 radical (unpaired) electrons. The van der Waals surface area contributed by atoms with Crippen LogP contribution in [0, 0.1) is 11.3 Å². The van der Waals surface area contributed by atoms with Crippen LogP contribution in [0.3, 0.4) is 0 Å². The van der Waals surface area contributed by atoms with Crippen LogP contribution in [0.2, 0.25) is 0 Å². The lowest BCUT2D eigenvalue weighted by Crippen LogP contribution is -2.12. The Kier molecular flexibility index (Phi) is 7.33. The van der Waals surface area contributed by atoms with Crippen molar-refractivity contribution in [2.45, 2.75) is 58.3 Å². The third-order valence-electron chi connectivity index (χ3n) is 3.03. The second kappa shape index (κ2) is 9.15. The Morgan fingerprint density at radius 1 is 1.32 bits per heavy atom. The molecule has 19 heavy (non-hydrogen) atoms. The van der Waals surface area contributed by atoms with Gasteiger partial charge in [0.05, 0.1) is 6.20 Å². The number of aromatic nitrogens is 2. The van der Waals surface area contributed by atoms with Gasteiger partial charge in [-0.3, -0.25) is 9.89 Å². The van der Waals surface area contributed by atoms with E-state index in [-0.39, 0.29) is 5.91 Å². The first-order valence-electron chi connectivity index (χ1n) is 7.01. The Labute approximate surface area is 114 Å². The molecule has 1 heterocycles. The molecular formula is C14H22N4O. The fourth-order valence-electron chi connectivity index (χ4n) is 1.91. The first-order valence-corrected chi connectivity index (χ1v) is 7.01. The second-order valence-electron chi connectivity index (χ2n) is 4.69. The third kappa shape index (κ3) is 6.05. The molecule has 0 aliphatic carbocycles. The summed E-state index contributed by atoms with van der Waals surface area (Å²) < 4.78 is 0. The van der Waals surface area contributed by atoms with E-state index < -0.39 is 0 Å². The van der Waals surface area contributed by atoms with Crippen LogP contribution in [-0.4, -0.2) is 16.1 Å². The van der Waals surface area contributed by atoms with E-state index >= 15 is 0 Å². The minimum Gasteiger partial charge on any atom is -0.310 e. The highest BCUT2D eigenvalue weighted by Crippen LogP contribution is 2.11. The Hall–Kier alpha value is -1.83. The average molecular weight is 262 g/mol. The summed E-state index contributed by atoms with van der Waals surface area (Å²) in [5.74, 6) is 0.338. The standard InChI is InChI=1S/C14H22N4O/c1-2-3-4-5-6-7-8-9-13(19)17-14-12(10-15)11-16-18-14/h11H,2-9H2,1H3,(H2,16,17,18,19). The van der Waals surface area contributed by atoms with Crippen LogP contribution in [0.4, 0.5) is 5.82 Å². The number of hydrogen-bond acceptors (Lipinski definition) is 3. The zero-order chi connectivity index (χ0) is 13.9. The molecule has 0 saturated carbocycles. The molecular weight excluding hydrogens is 240 g/mol. The van der Waals surface area contributed by atoms with Crippen LogP contribution in [0.5, 0.6) is 0 Å². The number of rotatable bonds is 9. The molecule has 0 bridgehead atoms. The summed E-state index contributed by atoms with van der Waals surface area (Å²) >= 11 is 0. The highest BCUT2D eigenvalue weighted by molar-refractivity contribution is 5.90. The summed E-state index contributed by atoms with van der Waals surface area (Å²) in [6.07, 6.45) is 10.2. The van der Waals surface area contributed by atoms with Crippen molar-refractivity contribution < 1.29 is 4.79 Å². The van der Waals surface area contributed by atoms with Crippen molar-refractivity contribution in [2.24, 2.45) is 0 Å². The molecule has 0 aliphatic heterocycles. The number of H-pyrrole nitrogens is 1. The molecule has 0 fully saturated rings. The summed E-state index contributed by atoms with van der Waals surface area (Å²) in [4.78, 5) is 11.6. The van der Waals surface area contributed by atoms with Crippen LogP contribution in [-0.2, 0) is 4.79 Å². The number of unbranched alkanes of at least 4 members (excludes halogenated alkanes) is 6. The van der Waals surface area contributed by atoms with E-state index in [2.05, 4.69) is 22.4 Å². The number of nitrogens with zero attached hydrogens (tertiary/aromatic N) is 2. The van der Waals surface area contributed by atoms with Gasteiger partial charge in [0, 0.05) is 6.42 Å². The molecule has 1 aromatic rings. The van der Waals surface area contributed by atoms with Crippen LogP contribution in [0.25, 0.3) is 0 Å². The van der Waals surface area contributed by atoms with Crippen LogP contribution in [0.15, 0.2) is 6.20 Å². The maximum atomic E-state index is 11.6. The highest BCUT2D eigenvalue weighted by Gasteiger charge is 2.07. The van der Waals surface area contributed by atoms with E-state index in [0.717, 1.165) is 12.8 Å². The minimum absolute atomic E-state index is 0.0608. The van der Waals surface area contributed by atoms with Crippen molar-refractivity contribution in [3.63, 3.8) is 0 Å². The summed E-state index contributed by atoms with van der Waals surface area (Å²) in [7, 11) is 0. The van der Waals surface area contributed by atoms with Gasteiger partial charge >= 0.3 is 0 Å². The quantitative estimate of drug-likeness (QED) is 0.669. The van der Waals surface area contributed by atoms with Gasteiger partial charge in [0.2, 0.25) is 5.91 Å². The first kappa shape index (κ1) is 15.2. The highest BCUT2D eigenvalue weighted by atomic mass is 16.1. The predicted octanol–water partition coefficient (Wildman–Crippen LogP) is 3.36. The topological polar surface area (TPSA) is 81.6 Å². The van der Waals surface area contributed by atoms with E-state index in [4.69, 9.17) is 5.26 Å². The first-order chi connectivity index (χ1) is 9.27. The number of hydrogen-bond donors (Lipinski definition) is 2. The van der Waals surface area contributed by atoms with Crippen LogP contribution < -0.4 is 5.32 Å². The molecule has 5 heteroatoms. The molecule has 0 atom stereocenters. The number of nitriles is 1. The molecule has 1 amide bonds. The van der Waals surface area contributed by atoms with E-state index in [1.807, 2.05) is 6.07 Å². The van der Waals surface area contributed by atoms with E-state index in [9.17, 15) is 4.79 Å². The predicted molar refractivity (Wildman–Crippen MR) is 74.5 cm³/mol. The third-order valence-corrected chi connectivity index (χ3v) is 3.03. The van der Waals surface area contributed by atoms with Gasteiger partial charge in [-0.2, -0.15) is 10.4 Å². The molecule has 0 spiro atoms. The van der Waals surface area contributed by atoms with Gasteiger partial charge in [0.15, 0.2) is 0 Å². The maximum Gasteiger partial charge on any atom is 0.225 e. The monoisotopic (exact) mass is 262 g/mol. The van der Waals surface area contributed by atoms with Crippen molar-refractivity contribution in [3.8, 4) is 6.07 Å². The second-order valence-corrected chi connectivity index (χ2v) is 4.69. The van der Waals surface area contributed by atoms with Gasteiger partial charge < -0.3 is 5.32 Å². The van der Waals surface area contributed by atoms with Crippen molar-refractivity contribution in [2.75, 3.05) is 5.32 Å².